The largest absolute Gasteiger partial charge is 0.449 e. The molecule has 0 saturated heterocycles. The summed E-state index contributed by atoms with van der Waals surface area (Å²) in [6, 6.07) is 16.5. The van der Waals surface area contributed by atoms with Crippen LogP contribution in [0.2, 0.25) is 5.02 Å². The third kappa shape index (κ3) is 4.23. The molecule has 7 heteroatoms. The molecule has 1 amide bonds. The van der Waals surface area contributed by atoms with E-state index in [0.29, 0.717) is 10.7 Å². The van der Waals surface area contributed by atoms with Crippen molar-refractivity contribution < 1.29 is 14.3 Å². The lowest BCUT2D eigenvalue weighted by Gasteiger charge is -2.17. The van der Waals surface area contributed by atoms with E-state index in [1.807, 2.05) is 30.3 Å². The number of benzene rings is 2. The zero-order chi connectivity index (χ0) is 20.3. The Labute approximate surface area is 168 Å². The van der Waals surface area contributed by atoms with Crippen LogP contribution in [0, 0.1) is 0 Å². The van der Waals surface area contributed by atoms with Crippen molar-refractivity contribution in [1.82, 2.24) is 14.7 Å². The molecule has 144 valence electrons. The van der Waals surface area contributed by atoms with Gasteiger partial charge in [-0.3, -0.25) is 4.79 Å². The number of hydrogen-bond donors (Lipinski definition) is 0. The molecular formula is C21H20ClN3O3. The Morgan fingerprint density at radius 2 is 1.71 bits per heavy atom. The second-order valence-electron chi connectivity index (χ2n) is 6.46. The molecule has 28 heavy (non-hydrogen) atoms. The molecule has 6 nitrogen and oxygen atoms in total. The molecule has 0 aliphatic carbocycles. The average Bonchev–Trinajstić information content (AvgIpc) is 3.14. The van der Waals surface area contributed by atoms with Crippen LogP contribution in [0.1, 0.15) is 17.3 Å². The lowest BCUT2D eigenvalue weighted by atomic mass is 10.1. The first-order valence-corrected chi connectivity index (χ1v) is 9.08. The smallest absolute Gasteiger partial charge is 0.342 e. The van der Waals surface area contributed by atoms with Crippen LogP contribution in [0.15, 0.2) is 60.8 Å². The molecule has 3 rings (SSSR count). The number of rotatable bonds is 5. The van der Waals surface area contributed by atoms with Crippen molar-refractivity contribution in [2.24, 2.45) is 0 Å². The summed E-state index contributed by atoms with van der Waals surface area (Å²) in [7, 11) is 3.22. The van der Waals surface area contributed by atoms with Crippen molar-refractivity contribution in [3.8, 4) is 16.9 Å². The molecule has 0 unspecified atom stereocenters. The number of nitrogens with zero attached hydrogens (tertiary/aromatic N) is 3. The molecule has 0 aliphatic rings. The van der Waals surface area contributed by atoms with Crippen molar-refractivity contribution in [1.29, 1.82) is 0 Å². The molecule has 1 heterocycles. The van der Waals surface area contributed by atoms with Gasteiger partial charge < -0.3 is 9.64 Å². The maximum atomic E-state index is 12.8. The fraction of sp³-hybridized carbons (Fsp3) is 0.190. The van der Waals surface area contributed by atoms with Crippen LogP contribution in [0.4, 0.5) is 0 Å². The van der Waals surface area contributed by atoms with E-state index >= 15 is 0 Å². The molecule has 0 bridgehead atoms. The van der Waals surface area contributed by atoms with E-state index in [4.69, 9.17) is 16.3 Å². The number of aromatic nitrogens is 2. The van der Waals surface area contributed by atoms with E-state index in [-0.39, 0.29) is 11.5 Å². The van der Waals surface area contributed by atoms with E-state index in [1.165, 1.54) is 4.90 Å². The van der Waals surface area contributed by atoms with Gasteiger partial charge >= 0.3 is 5.97 Å². The highest BCUT2D eigenvalue weighted by Gasteiger charge is 2.25. The van der Waals surface area contributed by atoms with Gasteiger partial charge in [-0.2, -0.15) is 5.10 Å². The third-order valence-corrected chi connectivity index (χ3v) is 4.40. The first-order valence-electron chi connectivity index (χ1n) is 8.70. The van der Waals surface area contributed by atoms with E-state index in [9.17, 15) is 9.59 Å². The number of carbonyl (C=O) groups excluding carboxylic acids is 2. The third-order valence-electron chi connectivity index (χ3n) is 4.14. The van der Waals surface area contributed by atoms with Crippen LogP contribution >= 0.6 is 11.6 Å². The van der Waals surface area contributed by atoms with Gasteiger partial charge in [0.15, 0.2) is 6.10 Å². The minimum absolute atomic E-state index is 0.268. The number of ether oxygens (including phenoxy) is 1. The van der Waals surface area contributed by atoms with Gasteiger partial charge in [0.1, 0.15) is 11.3 Å². The number of carbonyl (C=O) groups is 2. The van der Waals surface area contributed by atoms with E-state index < -0.39 is 12.1 Å². The summed E-state index contributed by atoms with van der Waals surface area (Å²) in [5.74, 6) is -0.910. The van der Waals surface area contributed by atoms with Crippen molar-refractivity contribution in [2.45, 2.75) is 13.0 Å². The maximum absolute atomic E-state index is 12.8. The molecule has 1 atom stereocenters. The number of esters is 1. The number of likely N-dealkylation sites (N-methyl/N-ethyl adjacent to an activating group) is 1. The highest BCUT2D eigenvalue weighted by molar-refractivity contribution is 6.30. The van der Waals surface area contributed by atoms with E-state index in [1.54, 1.807) is 56.2 Å². The summed E-state index contributed by atoms with van der Waals surface area (Å²) in [4.78, 5) is 26.2. The highest BCUT2D eigenvalue weighted by atomic mass is 35.5. The van der Waals surface area contributed by atoms with Crippen LogP contribution in [0.3, 0.4) is 0 Å². The Bertz CT molecular complexity index is 982. The molecule has 0 saturated carbocycles. The Kier molecular flexibility index (Phi) is 5.80. The van der Waals surface area contributed by atoms with E-state index in [0.717, 1.165) is 11.3 Å². The van der Waals surface area contributed by atoms with Crippen molar-refractivity contribution >= 4 is 23.5 Å². The molecule has 0 N–H and O–H groups in total. The van der Waals surface area contributed by atoms with Gasteiger partial charge in [-0.25, -0.2) is 9.48 Å². The quantitative estimate of drug-likeness (QED) is 0.614. The van der Waals surface area contributed by atoms with Crippen LogP contribution in [0.5, 0.6) is 0 Å². The van der Waals surface area contributed by atoms with Gasteiger partial charge in [0.25, 0.3) is 5.91 Å². The first kappa shape index (κ1) is 19.6. The first-order chi connectivity index (χ1) is 13.4. The van der Waals surface area contributed by atoms with Gasteiger partial charge in [-0.15, -0.1) is 0 Å². The predicted octanol–water partition coefficient (Wildman–Crippen LogP) is 3.83. The van der Waals surface area contributed by atoms with Gasteiger partial charge in [0, 0.05) is 30.9 Å². The Hall–Kier alpha value is -3.12. The van der Waals surface area contributed by atoms with Crippen LogP contribution in [-0.2, 0) is 9.53 Å². The number of hydrogen-bond acceptors (Lipinski definition) is 4. The topological polar surface area (TPSA) is 64.4 Å². The van der Waals surface area contributed by atoms with Gasteiger partial charge in [-0.05, 0) is 31.2 Å². The molecule has 0 spiro atoms. The zero-order valence-corrected chi connectivity index (χ0v) is 16.6. The Balaban J connectivity index is 2.00. The molecule has 0 aliphatic heterocycles. The lowest BCUT2D eigenvalue weighted by Crippen LogP contribution is -2.34. The highest BCUT2D eigenvalue weighted by Crippen LogP contribution is 2.26. The number of para-hydroxylation sites is 1. The molecular weight excluding hydrogens is 378 g/mol. The van der Waals surface area contributed by atoms with Gasteiger partial charge in [0.2, 0.25) is 0 Å². The normalized spacial score (nSPS) is 11.7. The summed E-state index contributed by atoms with van der Waals surface area (Å²) < 4.78 is 7.00. The summed E-state index contributed by atoms with van der Waals surface area (Å²) >= 11 is 5.98. The monoisotopic (exact) mass is 397 g/mol. The predicted molar refractivity (Wildman–Crippen MR) is 108 cm³/mol. The number of amides is 1. The van der Waals surface area contributed by atoms with Crippen molar-refractivity contribution in [3.05, 3.63) is 71.4 Å². The summed E-state index contributed by atoms with van der Waals surface area (Å²) in [5.41, 5.74) is 2.24. The molecule has 2 aromatic carbocycles. The van der Waals surface area contributed by atoms with Gasteiger partial charge in [0.05, 0.1) is 5.69 Å². The summed E-state index contributed by atoms with van der Waals surface area (Å²) in [6.07, 6.45) is 0.703. The van der Waals surface area contributed by atoms with Crippen LogP contribution in [-0.4, -0.2) is 46.8 Å². The average molecular weight is 398 g/mol. The molecule has 0 fully saturated rings. The maximum Gasteiger partial charge on any atom is 0.342 e. The molecule has 3 aromatic rings. The Morgan fingerprint density at radius 3 is 2.32 bits per heavy atom. The van der Waals surface area contributed by atoms with Crippen LogP contribution in [0.25, 0.3) is 16.9 Å². The zero-order valence-electron chi connectivity index (χ0n) is 15.8. The summed E-state index contributed by atoms with van der Waals surface area (Å²) in [6.45, 7) is 1.55. The molecule has 0 radical (unpaired) electrons. The van der Waals surface area contributed by atoms with Crippen LogP contribution < -0.4 is 0 Å². The van der Waals surface area contributed by atoms with Crippen molar-refractivity contribution in [3.63, 3.8) is 0 Å². The lowest BCUT2D eigenvalue weighted by molar-refractivity contribution is -0.137. The Morgan fingerprint density at radius 1 is 1.07 bits per heavy atom. The standard InChI is InChI=1S/C21H20ClN3O3/c1-14(20(26)24(2)3)28-21(27)18-13-25(17-7-5-4-6-8-17)23-19(18)15-9-11-16(22)12-10-15/h4-14H,1-3H3/t14-/m1/s1. The minimum atomic E-state index is -0.902. The molecule has 1 aromatic heterocycles. The van der Waals surface area contributed by atoms with Gasteiger partial charge in [-0.1, -0.05) is 41.9 Å². The SMILES string of the molecule is C[C@@H](OC(=O)c1cn(-c2ccccc2)nc1-c1ccc(Cl)cc1)C(=O)N(C)C. The van der Waals surface area contributed by atoms with E-state index in [2.05, 4.69) is 5.10 Å². The minimum Gasteiger partial charge on any atom is -0.449 e. The summed E-state index contributed by atoms with van der Waals surface area (Å²) in [5, 5.41) is 5.15. The number of halogens is 1. The second-order valence-corrected chi connectivity index (χ2v) is 6.90. The fourth-order valence-corrected chi connectivity index (χ4v) is 2.82. The fourth-order valence-electron chi connectivity index (χ4n) is 2.70. The van der Waals surface area contributed by atoms with Crippen molar-refractivity contribution in [2.75, 3.05) is 14.1 Å². The second kappa shape index (κ2) is 8.27.